The van der Waals surface area contributed by atoms with E-state index in [1.165, 1.54) is 0 Å². The third kappa shape index (κ3) is 5.05. The van der Waals surface area contributed by atoms with E-state index in [1.807, 2.05) is 60.6 Å². The van der Waals surface area contributed by atoms with Gasteiger partial charge in [0.1, 0.15) is 5.60 Å². The van der Waals surface area contributed by atoms with Gasteiger partial charge in [0.15, 0.2) is 0 Å². The number of hydrogen-bond acceptors (Lipinski definition) is 4. The molecule has 1 aromatic rings. The topological polar surface area (TPSA) is 56.8 Å². The molecule has 1 amide bonds. The third-order valence-electron chi connectivity index (χ3n) is 5.06. The zero-order chi connectivity index (χ0) is 20.8. The van der Waals surface area contributed by atoms with Gasteiger partial charge in [-0.15, -0.1) is 0 Å². The minimum absolute atomic E-state index is 0.0389. The minimum atomic E-state index is -0.570. The van der Waals surface area contributed by atoms with E-state index in [9.17, 15) is 4.79 Å². The van der Waals surface area contributed by atoms with Crippen molar-refractivity contribution in [1.29, 1.82) is 0 Å². The molecule has 150 valence electrons. The Morgan fingerprint density at radius 2 is 1.52 bits per heavy atom. The van der Waals surface area contributed by atoms with E-state index >= 15 is 0 Å². The van der Waals surface area contributed by atoms with E-state index in [4.69, 9.17) is 14.0 Å². The van der Waals surface area contributed by atoms with Crippen LogP contribution in [0.4, 0.5) is 10.5 Å². The van der Waals surface area contributed by atoms with Gasteiger partial charge in [0.25, 0.3) is 0 Å². The first-order valence-electron chi connectivity index (χ1n) is 9.52. The third-order valence-corrected chi connectivity index (χ3v) is 5.06. The molecule has 5 nitrogen and oxygen atoms in total. The largest absolute Gasteiger partial charge is 0.496 e. The summed E-state index contributed by atoms with van der Waals surface area (Å²) in [5.41, 5.74) is 1.05. The van der Waals surface area contributed by atoms with Crippen LogP contribution in [-0.2, 0) is 19.5 Å². The van der Waals surface area contributed by atoms with Gasteiger partial charge >= 0.3 is 13.2 Å². The maximum atomic E-state index is 12.3. The van der Waals surface area contributed by atoms with Crippen molar-refractivity contribution < 1.29 is 18.8 Å². The SMILES string of the molecule is CC(C)(C)OC(=O)Nc1ccc(C(C)(C)C)cc1B1OC(C)(C)C(C)(C)O1. The van der Waals surface area contributed by atoms with Gasteiger partial charge in [-0.2, -0.15) is 0 Å². The first-order valence-corrected chi connectivity index (χ1v) is 9.52. The smallest absolute Gasteiger partial charge is 0.444 e. The Morgan fingerprint density at radius 3 is 1.96 bits per heavy atom. The number of ether oxygens (including phenoxy) is 1. The van der Waals surface area contributed by atoms with Gasteiger partial charge in [0.2, 0.25) is 0 Å². The van der Waals surface area contributed by atoms with Gasteiger partial charge in [0.05, 0.1) is 11.2 Å². The molecule has 0 aromatic heterocycles. The molecule has 1 saturated heterocycles. The Kier molecular flexibility index (Phi) is 5.50. The lowest BCUT2D eigenvalue weighted by Crippen LogP contribution is -2.41. The molecule has 0 saturated carbocycles. The predicted molar refractivity (Wildman–Crippen MR) is 111 cm³/mol. The summed E-state index contributed by atoms with van der Waals surface area (Å²) in [6.45, 7) is 20.0. The van der Waals surface area contributed by atoms with Crippen LogP contribution in [0.3, 0.4) is 0 Å². The molecule has 0 radical (unpaired) electrons. The molecular formula is C21H34BNO4. The van der Waals surface area contributed by atoms with Crippen molar-refractivity contribution in [2.75, 3.05) is 5.32 Å². The Balaban J connectivity index is 2.42. The maximum Gasteiger partial charge on any atom is 0.496 e. The minimum Gasteiger partial charge on any atom is -0.444 e. The number of nitrogens with one attached hydrogen (secondary N) is 1. The summed E-state index contributed by atoms with van der Waals surface area (Å²) >= 11 is 0. The second-order valence-electron chi connectivity index (χ2n) is 10.3. The van der Waals surface area contributed by atoms with Gasteiger partial charge in [-0.3, -0.25) is 5.32 Å². The van der Waals surface area contributed by atoms with E-state index in [0.717, 1.165) is 11.0 Å². The Labute approximate surface area is 164 Å². The fourth-order valence-corrected chi connectivity index (χ4v) is 2.72. The van der Waals surface area contributed by atoms with Crippen LogP contribution >= 0.6 is 0 Å². The first kappa shape index (κ1) is 21.8. The van der Waals surface area contributed by atoms with Crippen LogP contribution < -0.4 is 10.8 Å². The number of benzene rings is 1. The Morgan fingerprint density at radius 1 is 1.00 bits per heavy atom. The molecule has 1 aliphatic heterocycles. The molecule has 6 heteroatoms. The summed E-state index contributed by atoms with van der Waals surface area (Å²) in [4.78, 5) is 12.3. The van der Waals surface area contributed by atoms with Gasteiger partial charge in [-0.05, 0) is 65.5 Å². The lowest BCUT2D eigenvalue weighted by atomic mass is 9.74. The highest BCUT2D eigenvalue weighted by Crippen LogP contribution is 2.37. The molecule has 0 unspecified atom stereocenters. The van der Waals surface area contributed by atoms with Crippen LogP contribution in [0.2, 0.25) is 0 Å². The predicted octanol–water partition coefficient (Wildman–Crippen LogP) is 4.63. The highest BCUT2D eigenvalue weighted by Gasteiger charge is 2.52. The molecule has 1 aromatic carbocycles. The van der Waals surface area contributed by atoms with Crippen LogP contribution in [0.25, 0.3) is 0 Å². The Bertz CT molecular complexity index is 698. The van der Waals surface area contributed by atoms with E-state index in [-0.39, 0.29) is 5.41 Å². The molecule has 0 bridgehead atoms. The van der Waals surface area contributed by atoms with Crippen molar-refractivity contribution in [1.82, 2.24) is 0 Å². The summed E-state index contributed by atoms with van der Waals surface area (Å²) < 4.78 is 17.9. The van der Waals surface area contributed by atoms with Crippen LogP contribution in [0, 0.1) is 0 Å². The summed E-state index contributed by atoms with van der Waals surface area (Å²) in [7, 11) is -0.567. The molecule has 2 rings (SSSR count). The number of carbonyl (C=O) groups is 1. The number of anilines is 1. The van der Waals surface area contributed by atoms with Gasteiger partial charge < -0.3 is 14.0 Å². The monoisotopic (exact) mass is 375 g/mol. The lowest BCUT2D eigenvalue weighted by Gasteiger charge is -2.32. The van der Waals surface area contributed by atoms with Crippen molar-refractivity contribution in [3.8, 4) is 0 Å². The Hall–Kier alpha value is -1.53. The van der Waals surface area contributed by atoms with Crippen molar-refractivity contribution in [3.63, 3.8) is 0 Å². The van der Waals surface area contributed by atoms with Crippen molar-refractivity contribution >= 4 is 24.4 Å². The van der Waals surface area contributed by atoms with Gasteiger partial charge in [-0.1, -0.05) is 32.9 Å². The summed E-state index contributed by atoms with van der Waals surface area (Å²) in [5, 5.41) is 2.86. The molecule has 1 aliphatic rings. The van der Waals surface area contributed by atoms with E-state index in [0.29, 0.717) is 5.69 Å². The fraction of sp³-hybridized carbons (Fsp3) is 0.667. The average Bonchev–Trinajstić information content (AvgIpc) is 2.64. The number of carbonyl (C=O) groups excluding carboxylic acids is 1. The molecule has 1 fully saturated rings. The quantitative estimate of drug-likeness (QED) is 0.766. The standard InChI is InChI=1S/C21H34BNO4/c1-18(2,3)14-11-12-16(23-17(24)25-19(4,5)6)15(13-14)22-26-20(7,8)21(9,10)27-22/h11-13H,1-10H3,(H,23,24). The van der Waals surface area contributed by atoms with Crippen molar-refractivity contribution in [3.05, 3.63) is 23.8 Å². The number of hydrogen-bond donors (Lipinski definition) is 1. The summed E-state index contributed by atoms with van der Waals surface area (Å²) in [5.74, 6) is 0. The molecule has 0 aliphatic carbocycles. The second kappa shape index (κ2) is 6.82. The zero-order valence-electron chi connectivity index (χ0n) is 18.4. The van der Waals surface area contributed by atoms with Crippen LogP contribution in [0.15, 0.2) is 18.2 Å². The highest BCUT2D eigenvalue weighted by molar-refractivity contribution is 6.64. The molecule has 27 heavy (non-hydrogen) atoms. The van der Waals surface area contributed by atoms with E-state index < -0.39 is 30.0 Å². The van der Waals surface area contributed by atoms with E-state index in [1.54, 1.807) is 0 Å². The fourth-order valence-electron chi connectivity index (χ4n) is 2.72. The lowest BCUT2D eigenvalue weighted by molar-refractivity contribution is 0.00578. The molecular weight excluding hydrogens is 341 g/mol. The first-order chi connectivity index (χ1) is 12.0. The zero-order valence-corrected chi connectivity index (χ0v) is 18.4. The van der Waals surface area contributed by atoms with Crippen LogP contribution in [0.1, 0.15) is 74.8 Å². The average molecular weight is 375 g/mol. The second-order valence-corrected chi connectivity index (χ2v) is 10.3. The molecule has 0 spiro atoms. The maximum absolute atomic E-state index is 12.3. The van der Waals surface area contributed by atoms with Crippen molar-refractivity contribution in [2.45, 2.75) is 91.5 Å². The summed E-state index contributed by atoms with van der Waals surface area (Å²) in [6.07, 6.45) is -0.497. The number of rotatable bonds is 2. The highest BCUT2D eigenvalue weighted by atomic mass is 16.7. The van der Waals surface area contributed by atoms with Crippen molar-refractivity contribution in [2.24, 2.45) is 0 Å². The van der Waals surface area contributed by atoms with Gasteiger partial charge in [0, 0.05) is 11.2 Å². The normalized spacial score (nSPS) is 19.1. The molecule has 0 atom stereocenters. The molecule has 1 heterocycles. The summed E-state index contributed by atoms with van der Waals surface area (Å²) in [6, 6.07) is 5.96. The van der Waals surface area contributed by atoms with Crippen LogP contribution in [0.5, 0.6) is 0 Å². The van der Waals surface area contributed by atoms with E-state index in [2.05, 4.69) is 32.2 Å². The van der Waals surface area contributed by atoms with Gasteiger partial charge in [-0.25, -0.2) is 4.79 Å². The molecule has 1 N–H and O–H groups in total. The number of amides is 1. The van der Waals surface area contributed by atoms with Crippen LogP contribution in [-0.4, -0.2) is 30.0 Å².